The zero-order valence-electron chi connectivity index (χ0n) is 13.5. The van der Waals surface area contributed by atoms with Gasteiger partial charge in [0, 0.05) is 6.42 Å². The standard InChI is InChI=1S/C18H28N2O/c1-15-6-5-7-16(14-15)19-10-12-20(13-11-19)17-8-3-4-9-18(17)21-2/h3-4,8-9,15-16H,5-7,10-14H2,1-2H3/p+1/t15-,16-/m1/s1. The predicted molar refractivity (Wildman–Crippen MR) is 87.3 cm³/mol. The Morgan fingerprint density at radius 3 is 2.62 bits per heavy atom. The van der Waals surface area contributed by atoms with E-state index in [1.54, 1.807) is 7.11 Å². The third-order valence-electron chi connectivity index (χ3n) is 5.35. The second-order valence-corrected chi connectivity index (χ2v) is 6.79. The molecular weight excluding hydrogens is 260 g/mol. The number of methoxy groups -OCH3 is 1. The number of piperazine rings is 1. The van der Waals surface area contributed by atoms with Gasteiger partial charge in [-0.05, 0) is 30.9 Å². The van der Waals surface area contributed by atoms with Crippen LogP contribution in [0.25, 0.3) is 0 Å². The van der Waals surface area contributed by atoms with Gasteiger partial charge >= 0.3 is 0 Å². The lowest BCUT2D eigenvalue weighted by Gasteiger charge is -2.40. The summed E-state index contributed by atoms with van der Waals surface area (Å²) in [7, 11) is 1.77. The maximum absolute atomic E-state index is 5.51. The maximum atomic E-state index is 5.51. The molecule has 0 aromatic heterocycles. The number of rotatable bonds is 3. The molecule has 1 saturated heterocycles. The molecule has 1 aliphatic carbocycles. The van der Waals surface area contributed by atoms with Crippen molar-refractivity contribution < 1.29 is 9.64 Å². The van der Waals surface area contributed by atoms with Crippen LogP contribution >= 0.6 is 0 Å². The SMILES string of the molecule is COc1ccccc1N1CC[NH+]([C@@H]2CCC[C@@H](C)C2)CC1. The van der Waals surface area contributed by atoms with E-state index in [1.165, 1.54) is 44.5 Å². The molecule has 21 heavy (non-hydrogen) atoms. The summed E-state index contributed by atoms with van der Waals surface area (Å²) in [5, 5.41) is 0. The Morgan fingerprint density at radius 1 is 1.14 bits per heavy atom. The van der Waals surface area contributed by atoms with Crippen molar-refractivity contribution in [1.82, 2.24) is 0 Å². The van der Waals surface area contributed by atoms with E-state index in [-0.39, 0.29) is 0 Å². The monoisotopic (exact) mass is 289 g/mol. The van der Waals surface area contributed by atoms with E-state index in [4.69, 9.17) is 4.74 Å². The largest absolute Gasteiger partial charge is 0.495 e. The quantitative estimate of drug-likeness (QED) is 0.916. The Hall–Kier alpha value is -1.22. The molecule has 1 aromatic rings. The van der Waals surface area contributed by atoms with Gasteiger partial charge in [-0.3, -0.25) is 0 Å². The molecule has 1 aliphatic heterocycles. The van der Waals surface area contributed by atoms with Crippen LogP contribution in [-0.4, -0.2) is 39.3 Å². The van der Waals surface area contributed by atoms with Crippen molar-refractivity contribution in [2.45, 2.75) is 38.6 Å². The summed E-state index contributed by atoms with van der Waals surface area (Å²) in [4.78, 5) is 4.34. The van der Waals surface area contributed by atoms with Crippen LogP contribution in [0.1, 0.15) is 32.6 Å². The molecule has 0 radical (unpaired) electrons. The lowest BCUT2D eigenvalue weighted by atomic mass is 9.86. The lowest BCUT2D eigenvalue weighted by molar-refractivity contribution is -0.927. The molecule has 0 spiro atoms. The first-order valence-electron chi connectivity index (χ1n) is 8.50. The Morgan fingerprint density at radius 2 is 1.90 bits per heavy atom. The molecule has 2 atom stereocenters. The summed E-state index contributed by atoms with van der Waals surface area (Å²) in [6.07, 6.45) is 5.75. The van der Waals surface area contributed by atoms with Crippen LogP contribution in [0.4, 0.5) is 5.69 Å². The molecular formula is C18H29N2O+. The van der Waals surface area contributed by atoms with Gasteiger partial charge in [0.15, 0.2) is 0 Å². The van der Waals surface area contributed by atoms with Crippen molar-refractivity contribution in [1.29, 1.82) is 0 Å². The van der Waals surface area contributed by atoms with Crippen molar-refractivity contribution in [3.05, 3.63) is 24.3 Å². The van der Waals surface area contributed by atoms with E-state index in [0.29, 0.717) is 0 Å². The van der Waals surface area contributed by atoms with Gasteiger partial charge in [0.25, 0.3) is 0 Å². The first-order chi connectivity index (χ1) is 10.3. The van der Waals surface area contributed by atoms with Gasteiger partial charge in [-0.15, -0.1) is 0 Å². The molecule has 1 saturated carbocycles. The van der Waals surface area contributed by atoms with E-state index in [2.05, 4.69) is 30.0 Å². The Bertz CT molecular complexity index is 454. The summed E-state index contributed by atoms with van der Waals surface area (Å²) in [6, 6.07) is 9.32. The van der Waals surface area contributed by atoms with Crippen molar-refractivity contribution in [2.24, 2.45) is 5.92 Å². The van der Waals surface area contributed by atoms with Crippen LogP contribution in [0, 0.1) is 5.92 Å². The highest BCUT2D eigenvalue weighted by Gasteiger charge is 2.31. The van der Waals surface area contributed by atoms with Crippen LogP contribution in [0.3, 0.4) is 0 Å². The number of quaternary nitrogens is 1. The fourth-order valence-electron chi connectivity index (χ4n) is 4.14. The third kappa shape index (κ3) is 3.34. The highest BCUT2D eigenvalue weighted by atomic mass is 16.5. The lowest BCUT2D eigenvalue weighted by Crippen LogP contribution is -3.18. The minimum absolute atomic E-state index is 0.911. The fourth-order valence-corrected chi connectivity index (χ4v) is 4.14. The van der Waals surface area contributed by atoms with Gasteiger partial charge in [0.2, 0.25) is 0 Å². The van der Waals surface area contributed by atoms with E-state index < -0.39 is 0 Å². The van der Waals surface area contributed by atoms with E-state index in [1.807, 2.05) is 11.0 Å². The van der Waals surface area contributed by atoms with E-state index in [9.17, 15) is 0 Å². The molecule has 1 aromatic carbocycles. The second kappa shape index (κ2) is 6.69. The molecule has 1 heterocycles. The van der Waals surface area contributed by atoms with E-state index in [0.717, 1.165) is 30.8 Å². The van der Waals surface area contributed by atoms with Gasteiger partial charge in [0.05, 0.1) is 45.0 Å². The number of ether oxygens (including phenoxy) is 1. The Balaban J connectivity index is 1.60. The number of benzene rings is 1. The average molecular weight is 289 g/mol. The average Bonchev–Trinajstić information content (AvgIpc) is 2.55. The maximum Gasteiger partial charge on any atom is 0.142 e. The molecule has 0 amide bonds. The highest BCUT2D eigenvalue weighted by molar-refractivity contribution is 5.58. The minimum Gasteiger partial charge on any atom is -0.495 e. The van der Waals surface area contributed by atoms with Gasteiger partial charge < -0.3 is 14.5 Å². The molecule has 2 fully saturated rings. The van der Waals surface area contributed by atoms with Crippen LogP contribution in [-0.2, 0) is 0 Å². The smallest absolute Gasteiger partial charge is 0.142 e. The summed E-state index contributed by atoms with van der Waals surface area (Å²) >= 11 is 0. The number of hydrogen-bond donors (Lipinski definition) is 1. The molecule has 3 nitrogen and oxygen atoms in total. The molecule has 0 unspecified atom stereocenters. The fraction of sp³-hybridized carbons (Fsp3) is 0.667. The van der Waals surface area contributed by atoms with Crippen LogP contribution in [0.5, 0.6) is 5.75 Å². The van der Waals surface area contributed by atoms with Crippen molar-refractivity contribution >= 4 is 5.69 Å². The summed E-state index contributed by atoms with van der Waals surface area (Å²) < 4.78 is 5.51. The van der Waals surface area contributed by atoms with E-state index >= 15 is 0 Å². The summed E-state index contributed by atoms with van der Waals surface area (Å²) in [5.74, 6) is 1.94. The van der Waals surface area contributed by atoms with Crippen molar-refractivity contribution in [3.63, 3.8) is 0 Å². The van der Waals surface area contributed by atoms with Crippen LogP contribution in [0.15, 0.2) is 24.3 Å². The Kier molecular flexibility index (Phi) is 4.69. The molecule has 1 N–H and O–H groups in total. The third-order valence-corrected chi connectivity index (χ3v) is 5.35. The van der Waals surface area contributed by atoms with Gasteiger partial charge in [-0.25, -0.2) is 0 Å². The summed E-state index contributed by atoms with van der Waals surface area (Å²) in [6.45, 7) is 7.28. The number of para-hydroxylation sites is 2. The Labute approximate surface area is 128 Å². The van der Waals surface area contributed by atoms with Gasteiger partial charge in [0.1, 0.15) is 5.75 Å². The summed E-state index contributed by atoms with van der Waals surface area (Å²) in [5.41, 5.74) is 1.26. The number of nitrogens with one attached hydrogen (secondary N) is 1. The first kappa shape index (κ1) is 14.7. The zero-order valence-corrected chi connectivity index (χ0v) is 13.5. The van der Waals surface area contributed by atoms with Crippen LogP contribution < -0.4 is 14.5 Å². The number of nitrogens with zero attached hydrogens (tertiary/aromatic N) is 1. The number of anilines is 1. The molecule has 3 rings (SSSR count). The molecule has 0 bridgehead atoms. The number of hydrogen-bond acceptors (Lipinski definition) is 2. The normalized spacial score (nSPS) is 27.6. The van der Waals surface area contributed by atoms with Crippen LogP contribution in [0.2, 0.25) is 0 Å². The molecule has 116 valence electrons. The van der Waals surface area contributed by atoms with Crippen molar-refractivity contribution in [2.75, 3.05) is 38.2 Å². The minimum atomic E-state index is 0.911. The molecule has 2 aliphatic rings. The predicted octanol–water partition coefficient (Wildman–Crippen LogP) is 1.98. The highest BCUT2D eigenvalue weighted by Crippen LogP contribution is 2.27. The first-order valence-corrected chi connectivity index (χ1v) is 8.50. The molecule has 3 heteroatoms. The second-order valence-electron chi connectivity index (χ2n) is 6.79. The zero-order chi connectivity index (χ0) is 14.7. The van der Waals surface area contributed by atoms with Gasteiger partial charge in [-0.2, -0.15) is 0 Å². The topological polar surface area (TPSA) is 16.9 Å². The van der Waals surface area contributed by atoms with Gasteiger partial charge in [-0.1, -0.05) is 25.5 Å². The van der Waals surface area contributed by atoms with Crippen molar-refractivity contribution in [3.8, 4) is 5.75 Å².